The van der Waals surface area contributed by atoms with Crippen molar-refractivity contribution < 1.29 is 9.90 Å². The Bertz CT molecular complexity index is 609. The first-order valence-corrected chi connectivity index (χ1v) is 6.76. The Hall–Kier alpha value is -2.18. The molecule has 0 aliphatic rings. The molecule has 0 aliphatic heterocycles. The van der Waals surface area contributed by atoms with Crippen LogP contribution in [0.4, 0.5) is 0 Å². The van der Waals surface area contributed by atoms with E-state index in [0.717, 1.165) is 16.7 Å². The Morgan fingerprint density at radius 3 is 2.81 bits per heavy atom. The molecule has 1 heterocycles. The molecule has 0 bridgehead atoms. The molecule has 21 heavy (non-hydrogen) atoms. The number of aromatic nitrogens is 2. The first-order valence-electron chi connectivity index (χ1n) is 6.76. The van der Waals surface area contributed by atoms with Gasteiger partial charge in [0.2, 0.25) is 5.91 Å². The number of carbonyl (C=O) groups is 1. The molecule has 0 saturated carbocycles. The summed E-state index contributed by atoms with van der Waals surface area (Å²) in [5.41, 5.74) is 2.61. The fourth-order valence-electron chi connectivity index (χ4n) is 2.17. The summed E-state index contributed by atoms with van der Waals surface area (Å²) in [6.07, 6.45) is 3.49. The van der Waals surface area contributed by atoms with Gasteiger partial charge in [-0.2, -0.15) is 5.10 Å². The third-order valence-electron chi connectivity index (χ3n) is 3.25. The monoisotopic (exact) mass is 288 g/mol. The van der Waals surface area contributed by atoms with Gasteiger partial charge in [0.25, 0.3) is 0 Å². The van der Waals surface area contributed by atoms with Crippen LogP contribution >= 0.6 is 0 Å². The van der Waals surface area contributed by atoms with Crippen molar-refractivity contribution in [3.63, 3.8) is 0 Å². The number of aliphatic hydroxyl groups excluding tert-OH is 1. The molecule has 1 unspecified atom stereocenters. The van der Waals surface area contributed by atoms with Crippen LogP contribution in [-0.4, -0.2) is 27.8 Å². The van der Waals surface area contributed by atoms with Gasteiger partial charge in [0.15, 0.2) is 0 Å². The minimum absolute atomic E-state index is 0.00336. The molecular weight excluding hydrogens is 268 g/mol. The maximum Gasteiger partial charge on any atom is 0.242 e. The molecule has 1 aromatic carbocycles. The molecule has 1 aromatic heterocycles. The second-order valence-corrected chi connectivity index (χ2v) is 4.86. The number of nitrogens with one attached hydrogen (secondary N) is 2. The maximum atomic E-state index is 12.3. The molecule has 1 atom stereocenters. The van der Waals surface area contributed by atoms with Crippen LogP contribution in [0.3, 0.4) is 0 Å². The highest BCUT2D eigenvalue weighted by Gasteiger charge is 2.19. The van der Waals surface area contributed by atoms with E-state index in [-0.39, 0.29) is 12.5 Å². The standard InChI is InChI=1S/C15H20N4O2/c1-16-14(13-8-18-19(2)9-13)15(21)17-7-11-4-3-5-12(6-11)10-20/h3-6,8-9,14,16,20H,7,10H2,1-2H3,(H,17,21). The van der Waals surface area contributed by atoms with Crippen LogP contribution in [-0.2, 0) is 25.0 Å². The van der Waals surface area contributed by atoms with Crippen molar-refractivity contribution in [2.75, 3.05) is 7.05 Å². The topological polar surface area (TPSA) is 79.2 Å². The van der Waals surface area contributed by atoms with Crippen molar-refractivity contribution in [1.82, 2.24) is 20.4 Å². The normalized spacial score (nSPS) is 12.1. The number of carbonyl (C=O) groups excluding carboxylic acids is 1. The van der Waals surface area contributed by atoms with E-state index < -0.39 is 6.04 Å². The lowest BCUT2D eigenvalue weighted by Gasteiger charge is -2.14. The number of benzene rings is 1. The maximum absolute atomic E-state index is 12.3. The zero-order valence-electron chi connectivity index (χ0n) is 12.2. The van der Waals surface area contributed by atoms with Gasteiger partial charge in [0.1, 0.15) is 6.04 Å². The molecule has 0 radical (unpaired) electrons. The van der Waals surface area contributed by atoms with Crippen LogP contribution in [0.15, 0.2) is 36.7 Å². The second kappa shape index (κ2) is 7.01. The summed E-state index contributed by atoms with van der Waals surface area (Å²) < 4.78 is 1.66. The van der Waals surface area contributed by atoms with Crippen molar-refractivity contribution in [3.8, 4) is 0 Å². The van der Waals surface area contributed by atoms with E-state index in [1.807, 2.05) is 37.5 Å². The quantitative estimate of drug-likeness (QED) is 0.723. The number of nitrogens with zero attached hydrogens (tertiary/aromatic N) is 2. The molecule has 0 fully saturated rings. The predicted octanol–water partition coefficient (Wildman–Crippen LogP) is 0.489. The number of rotatable bonds is 6. The largest absolute Gasteiger partial charge is 0.392 e. The van der Waals surface area contributed by atoms with E-state index in [1.165, 1.54) is 0 Å². The molecule has 2 aromatic rings. The summed E-state index contributed by atoms with van der Waals surface area (Å²) in [5, 5.41) is 19.1. The first-order chi connectivity index (χ1) is 10.1. The van der Waals surface area contributed by atoms with Gasteiger partial charge in [-0.15, -0.1) is 0 Å². The fourth-order valence-corrected chi connectivity index (χ4v) is 2.17. The minimum atomic E-state index is -0.431. The van der Waals surface area contributed by atoms with Gasteiger partial charge in [-0.05, 0) is 18.2 Å². The highest BCUT2D eigenvalue weighted by Crippen LogP contribution is 2.12. The number of hydrogen-bond acceptors (Lipinski definition) is 4. The van der Waals surface area contributed by atoms with Gasteiger partial charge in [-0.1, -0.05) is 24.3 Å². The third kappa shape index (κ3) is 3.90. The van der Waals surface area contributed by atoms with E-state index in [4.69, 9.17) is 5.11 Å². The Labute approximate surface area is 123 Å². The SMILES string of the molecule is CNC(C(=O)NCc1cccc(CO)c1)c1cnn(C)c1. The summed E-state index contributed by atoms with van der Waals surface area (Å²) in [7, 11) is 3.55. The fraction of sp³-hybridized carbons (Fsp3) is 0.333. The van der Waals surface area contributed by atoms with Crippen molar-refractivity contribution in [3.05, 3.63) is 53.3 Å². The molecular formula is C15H20N4O2. The molecule has 6 heteroatoms. The lowest BCUT2D eigenvalue weighted by atomic mass is 10.1. The van der Waals surface area contributed by atoms with E-state index in [0.29, 0.717) is 6.54 Å². The van der Waals surface area contributed by atoms with Crippen LogP contribution in [0.5, 0.6) is 0 Å². The number of aryl methyl sites for hydroxylation is 1. The van der Waals surface area contributed by atoms with Gasteiger partial charge in [0.05, 0.1) is 12.8 Å². The molecule has 2 rings (SSSR count). The van der Waals surface area contributed by atoms with Crippen LogP contribution in [0.1, 0.15) is 22.7 Å². The van der Waals surface area contributed by atoms with E-state index in [2.05, 4.69) is 15.7 Å². The van der Waals surface area contributed by atoms with Crippen molar-refractivity contribution in [1.29, 1.82) is 0 Å². The number of amides is 1. The van der Waals surface area contributed by atoms with Gasteiger partial charge in [-0.25, -0.2) is 0 Å². The summed E-state index contributed by atoms with van der Waals surface area (Å²) in [6, 6.07) is 7.07. The Morgan fingerprint density at radius 2 is 2.19 bits per heavy atom. The molecule has 6 nitrogen and oxygen atoms in total. The van der Waals surface area contributed by atoms with Crippen LogP contribution in [0.25, 0.3) is 0 Å². The van der Waals surface area contributed by atoms with Crippen molar-refractivity contribution in [2.45, 2.75) is 19.2 Å². The molecule has 0 aliphatic carbocycles. The lowest BCUT2D eigenvalue weighted by Crippen LogP contribution is -2.35. The van der Waals surface area contributed by atoms with E-state index in [9.17, 15) is 4.79 Å². The molecule has 3 N–H and O–H groups in total. The highest BCUT2D eigenvalue weighted by atomic mass is 16.3. The van der Waals surface area contributed by atoms with Crippen LogP contribution in [0, 0.1) is 0 Å². The second-order valence-electron chi connectivity index (χ2n) is 4.86. The average molecular weight is 288 g/mol. The van der Waals surface area contributed by atoms with Crippen molar-refractivity contribution >= 4 is 5.91 Å². The van der Waals surface area contributed by atoms with Crippen LogP contribution in [0.2, 0.25) is 0 Å². The van der Waals surface area contributed by atoms with Crippen molar-refractivity contribution in [2.24, 2.45) is 7.05 Å². The zero-order valence-corrected chi connectivity index (χ0v) is 12.2. The minimum Gasteiger partial charge on any atom is -0.392 e. The lowest BCUT2D eigenvalue weighted by molar-refractivity contribution is -0.123. The molecule has 1 amide bonds. The molecule has 0 spiro atoms. The smallest absolute Gasteiger partial charge is 0.242 e. The average Bonchev–Trinajstić information content (AvgIpc) is 2.92. The van der Waals surface area contributed by atoms with Gasteiger partial charge >= 0.3 is 0 Å². The summed E-state index contributed by atoms with van der Waals surface area (Å²) in [5.74, 6) is -0.111. The summed E-state index contributed by atoms with van der Waals surface area (Å²) in [6.45, 7) is 0.418. The Morgan fingerprint density at radius 1 is 1.43 bits per heavy atom. The Balaban J connectivity index is 1.99. The van der Waals surface area contributed by atoms with Gasteiger partial charge in [0, 0.05) is 25.4 Å². The molecule has 112 valence electrons. The third-order valence-corrected chi connectivity index (χ3v) is 3.25. The number of likely N-dealkylation sites (N-methyl/N-ethyl adjacent to an activating group) is 1. The zero-order chi connectivity index (χ0) is 15.2. The number of aliphatic hydroxyl groups is 1. The predicted molar refractivity (Wildman–Crippen MR) is 79.2 cm³/mol. The number of hydrogen-bond donors (Lipinski definition) is 3. The van der Waals surface area contributed by atoms with Gasteiger partial charge in [-0.3, -0.25) is 9.48 Å². The van der Waals surface area contributed by atoms with E-state index >= 15 is 0 Å². The Kier molecular flexibility index (Phi) is 5.08. The summed E-state index contributed by atoms with van der Waals surface area (Å²) >= 11 is 0. The molecule has 0 saturated heterocycles. The van der Waals surface area contributed by atoms with Gasteiger partial charge < -0.3 is 15.7 Å². The summed E-state index contributed by atoms with van der Waals surface area (Å²) in [4.78, 5) is 12.3. The van der Waals surface area contributed by atoms with Crippen LogP contribution < -0.4 is 10.6 Å². The van der Waals surface area contributed by atoms with E-state index in [1.54, 1.807) is 17.9 Å². The highest BCUT2D eigenvalue weighted by molar-refractivity contribution is 5.83. The first kappa shape index (κ1) is 15.2.